The van der Waals surface area contributed by atoms with E-state index < -0.39 is 0 Å². The molecule has 0 N–H and O–H groups in total. The van der Waals surface area contributed by atoms with Crippen molar-refractivity contribution in [2.75, 3.05) is 0 Å². The van der Waals surface area contributed by atoms with E-state index >= 15 is 0 Å². The quantitative estimate of drug-likeness (QED) is 0.215. The average molecular weight is 523 g/mol. The van der Waals surface area contributed by atoms with Gasteiger partial charge in [0, 0.05) is 39.9 Å². The Bertz CT molecular complexity index is 2330. The summed E-state index contributed by atoms with van der Waals surface area (Å²) >= 11 is 0. The summed E-state index contributed by atoms with van der Waals surface area (Å²) in [6.07, 6.45) is 3.88. The normalized spacial score (nSPS) is 11.9. The maximum absolute atomic E-state index is 6.43. The lowest BCUT2D eigenvalue weighted by atomic mass is 9.80. The summed E-state index contributed by atoms with van der Waals surface area (Å²) in [4.78, 5) is 9.70. The molecule has 190 valence electrons. The molecule has 0 aliphatic heterocycles. The van der Waals surface area contributed by atoms with Crippen LogP contribution < -0.4 is 0 Å². The molecule has 0 fully saturated rings. The Labute approximate surface area is 236 Å². The Kier molecular flexibility index (Phi) is 4.61. The molecule has 1 aliphatic carbocycles. The molecule has 0 amide bonds. The first-order valence-corrected chi connectivity index (χ1v) is 13.8. The highest BCUT2D eigenvalue weighted by atomic mass is 16.3. The van der Waals surface area contributed by atoms with Gasteiger partial charge in [-0.3, -0.25) is 9.97 Å². The number of aromatic nitrogens is 2. The Morgan fingerprint density at radius 2 is 1.15 bits per heavy atom. The first kappa shape index (κ1) is 22.3. The van der Waals surface area contributed by atoms with Crippen LogP contribution in [-0.4, -0.2) is 9.97 Å². The molecule has 5 aromatic carbocycles. The van der Waals surface area contributed by atoms with Crippen molar-refractivity contribution < 1.29 is 4.42 Å². The molecule has 0 saturated carbocycles. The highest BCUT2D eigenvalue weighted by Gasteiger charge is 2.25. The molecule has 3 nitrogen and oxygen atoms in total. The number of furan rings is 1. The highest BCUT2D eigenvalue weighted by molar-refractivity contribution is 6.12. The van der Waals surface area contributed by atoms with Crippen LogP contribution in [0.15, 0.2) is 138 Å². The van der Waals surface area contributed by atoms with E-state index in [1.165, 1.54) is 27.8 Å². The second-order valence-corrected chi connectivity index (χ2v) is 10.6. The lowest BCUT2D eigenvalue weighted by Gasteiger charge is -2.24. The van der Waals surface area contributed by atoms with E-state index in [-0.39, 0.29) is 0 Å². The molecule has 9 rings (SSSR count). The van der Waals surface area contributed by atoms with Crippen molar-refractivity contribution in [1.29, 1.82) is 0 Å². The minimum Gasteiger partial charge on any atom is -0.455 e. The summed E-state index contributed by atoms with van der Waals surface area (Å²) in [6.45, 7) is 0. The van der Waals surface area contributed by atoms with E-state index in [1.807, 2.05) is 36.7 Å². The maximum atomic E-state index is 6.43. The van der Waals surface area contributed by atoms with Gasteiger partial charge in [-0.25, -0.2) is 0 Å². The fourth-order valence-corrected chi connectivity index (χ4v) is 6.53. The average Bonchev–Trinajstić information content (AvgIpc) is 3.42. The predicted molar refractivity (Wildman–Crippen MR) is 168 cm³/mol. The lowest BCUT2D eigenvalue weighted by Crippen LogP contribution is -2.00. The number of rotatable bonds is 1. The SMILES string of the molecule is c1ccc2c(c1)-c1cc(-c3cccc4c3oc3ccccc34)ccc1-c1cnc3cccnc3c1-c1ccccc1-2. The van der Waals surface area contributed by atoms with Crippen LogP contribution in [0.2, 0.25) is 0 Å². The van der Waals surface area contributed by atoms with E-state index in [2.05, 4.69) is 97.1 Å². The second kappa shape index (κ2) is 8.48. The van der Waals surface area contributed by atoms with Gasteiger partial charge < -0.3 is 4.42 Å². The van der Waals surface area contributed by atoms with Crippen molar-refractivity contribution in [3.8, 4) is 55.6 Å². The van der Waals surface area contributed by atoms with Crippen LogP contribution in [0.25, 0.3) is 88.6 Å². The van der Waals surface area contributed by atoms with E-state index in [9.17, 15) is 0 Å². The van der Waals surface area contributed by atoms with Crippen molar-refractivity contribution in [2.45, 2.75) is 0 Å². The van der Waals surface area contributed by atoms with Gasteiger partial charge in [-0.2, -0.15) is 0 Å². The molecule has 3 aromatic heterocycles. The van der Waals surface area contributed by atoms with Crippen molar-refractivity contribution in [1.82, 2.24) is 9.97 Å². The zero-order valence-corrected chi connectivity index (χ0v) is 22.0. The van der Waals surface area contributed by atoms with Gasteiger partial charge in [-0.05, 0) is 63.2 Å². The van der Waals surface area contributed by atoms with Gasteiger partial charge in [0.05, 0.1) is 11.0 Å². The van der Waals surface area contributed by atoms with E-state index in [4.69, 9.17) is 14.4 Å². The smallest absolute Gasteiger partial charge is 0.143 e. The molecule has 8 aromatic rings. The van der Waals surface area contributed by atoms with Crippen LogP contribution in [0.3, 0.4) is 0 Å². The molecule has 41 heavy (non-hydrogen) atoms. The fraction of sp³-hybridized carbons (Fsp3) is 0. The summed E-state index contributed by atoms with van der Waals surface area (Å²) in [5, 5.41) is 2.27. The summed E-state index contributed by atoms with van der Waals surface area (Å²) in [6, 6.07) is 42.8. The van der Waals surface area contributed by atoms with Gasteiger partial charge in [0.2, 0.25) is 0 Å². The Morgan fingerprint density at radius 1 is 0.463 bits per heavy atom. The molecule has 1 aliphatic rings. The molecule has 0 bridgehead atoms. The zero-order valence-electron chi connectivity index (χ0n) is 22.0. The third kappa shape index (κ3) is 3.20. The van der Waals surface area contributed by atoms with Crippen molar-refractivity contribution in [3.05, 3.63) is 134 Å². The van der Waals surface area contributed by atoms with Gasteiger partial charge in [0.1, 0.15) is 11.2 Å². The van der Waals surface area contributed by atoms with Crippen molar-refractivity contribution in [2.24, 2.45) is 0 Å². The number of benzene rings is 5. The summed E-state index contributed by atoms with van der Waals surface area (Å²) in [7, 11) is 0. The van der Waals surface area contributed by atoms with E-state index in [0.29, 0.717) is 0 Å². The number of hydrogen-bond donors (Lipinski definition) is 0. The van der Waals surface area contributed by atoms with Crippen LogP contribution in [0.1, 0.15) is 0 Å². The van der Waals surface area contributed by atoms with Gasteiger partial charge in [-0.15, -0.1) is 0 Å². The highest BCUT2D eigenvalue weighted by Crippen LogP contribution is 2.50. The monoisotopic (exact) mass is 522 g/mol. The molecular formula is C38H22N2O. The lowest BCUT2D eigenvalue weighted by molar-refractivity contribution is 0.670. The topological polar surface area (TPSA) is 38.9 Å². The Balaban J connectivity index is 1.39. The van der Waals surface area contributed by atoms with Crippen LogP contribution in [-0.2, 0) is 0 Å². The zero-order chi connectivity index (χ0) is 26.9. The standard InChI is InChI=1S/C38H22N2O/c1-2-11-27-25(9-1)26-10-3-4-13-30(26)36-33(22-40-34-16-8-20-39-37(34)36)28-19-18-23(21-32(27)28)24-14-7-15-31-29-12-5-6-17-35(29)41-38(24)31/h1-22H. The summed E-state index contributed by atoms with van der Waals surface area (Å²) in [5.74, 6) is 0. The Hall–Kier alpha value is -5.54. The second-order valence-electron chi connectivity index (χ2n) is 10.6. The number of para-hydroxylation sites is 2. The minimum absolute atomic E-state index is 0.893. The van der Waals surface area contributed by atoms with Crippen LogP contribution in [0, 0.1) is 0 Å². The van der Waals surface area contributed by atoms with Gasteiger partial charge in [0.15, 0.2) is 0 Å². The molecule has 0 unspecified atom stereocenters. The predicted octanol–water partition coefficient (Wildman–Crippen LogP) is 10.2. The molecule has 0 radical (unpaired) electrons. The number of nitrogens with zero attached hydrogens (tertiary/aromatic N) is 2. The van der Waals surface area contributed by atoms with E-state index in [0.717, 1.165) is 60.8 Å². The molecular weight excluding hydrogens is 500 g/mol. The Morgan fingerprint density at radius 3 is 2.02 bits per heavy atom. The van der Waals surface area contributed by atoms with Gasteiger partial charge in [0.25, 0.3) is 0 Å². The minimum atomic E-state index is 0.893. The number of hydrogen-bond acceptors (Lipinski definition) is 3. The molecule has 0 saturated heterocycles. The molecule has 0 atom stereocenters. The largest absolute Gasteiger partial charge is 0.455 e. The first-order chi connectivity index (χ1) is 20.3. The van der Waals surface area contributed by atoms with E-state index in [1.54, 1.807) is 0 Å². The van der Waals surface area contributed by atoms with Gasteiger partial charge in [-0.1, -0.05) is 97.1 Å². The summed E-state index contributed by atoms with van der Waals surface area (Å²) < 4.78 is 6.43. The number of pyridine rings is 2. The van der Waals surface area contributed by atoms with Crippen LogP contribution >= 0.6 is 0 Å². The van der Waals surface area contributed by atoms with Crippen LogP contribution in [0.4, 0.5) is 0 Å². The number of fused-ring (bicyclic) bond motifs is 13. The van der Waals surface area contributed by atoms with Gasteiger partial charge >= 0.3 is 0 Å². The third-order valence-electron chi connectivity index (χ3n) is 8.35. The first-order valence-electron chi connectivity index (χ1n) is 13.8. The van der Waals surface area contributed by atoms with Crippen LogP contribution in [0.5, 0.6) is 0 Å². The molecule has 3 heteroatoms. The third-order valence-corrected chi connectivity index (χ3v) is 8.35. The summed E-state index contributed by atoms with van der Waals surface area (Å²) in [5.41, 5.74) is 15.1. The maximum Gasteiger partial charge on any atom is 0.143 e. The molecule has 0 spiro atoms. The molecule has 3 heterocycles. The van der Waals surface area contributed by atoms with Crippen molar-refractivity contribution >= 4 is 33.0 Å². The fourth-order valence-electron chi connectivity index (χ4n) is 6.53. The van der Waals surface area contributed by atoms with Crippen molar-refractivity contribution in [3.63, 3.8) is 0 Å².